The number of aliphatic hydroxyl groups is 1. The van der Waals surface area contributed by atoms with Crippen molar-refractivity contribution in [3.8, 4) is 0 Å². The molecule has 6 heavy (non-hydrogen) atoms. The second-order valence-electron chi connectivity index (χ2n) is 0.552. The molecule has 0 spiro atoms. The Morgan fingerprint density at radius 1 is 1.67 bits per heavy atom. The van der Waals surface area contributed by atoms with Gasteiger partial charge in [-0.15, -0.1) is 0 Å². The Kier molecular flexibility index (Phi) is 7.71. The molecule has 0 aromatic heterocycles. The molecule has 0 amide bonds. The van der Waals surface area contributed by atoms with Gasteiger partial charge in [0.05, 0.1) is 0 Å². The molecule has 0 aliphatic heterocycles. The van der Waals surface area contributed by atoms with Crippen LogP contribution < -0.4 is 0 Å². The molecule has 2 N–H and O–H groups in total. The van der Waals surface area contributed by atoms with Crippen LogP contribution in [0.4, 0.5) is 0 Å². The van der Waals surface area contributed by atoms with E-state index in [1.807, 2.05) is 0 Å². The number of hydrogen-bond donors (Lipinski definition) is 2. The van der Waals surface area contributed by atoms with Crippen LogP contribution in [-0.2, 0) is 21.9 Å². The molecular formula is C2H4FeO3. The normalized spacial score (nSPS) is 6.17. The van der Waals surface area contributed by atoms with Gasteiger partial charge in [0.2, 0.25) is 0 Å². The van der Waals surface area contributed by atoms with E-state index in [0.29, 0.717) is 0 Å². The molecule has 3 nitrogen and oxygen atoms in total. The van der Waals surface area contributed by atoms with Gasteiger partial charge in [0.15, 0.2) is 0 Å². The van der Waals surface area contributed by atoms with Crippen molar-refractivity contribution in [1.29, 1.82) is 0 Å². The van der Waals surface area contributed by atoms with Gasteiger partial charge in [-0.25, -0.2) is 4.79 Å². The number of aliphatic hydroxyl groups excluding tert-OH is 1. The quantitative estimate of drug-likeness (QED) is 0.452. The predicted octanol–water partition coefficient (Wildman–Crippen LogP) is -0.939. The van der Waals surface area contributed by atoms with E-state index in [2.05, 4.69) is 0 Å². The Hall–Kier alpha value is -0.0505. The van der Waals surface area contributed by atoms with Gasteiger partial charge in [-0.05, 0) is 0 Å². The number of carbonyl (C=O) groups is 1. The van der Waals surface area contributed by atoms with Crippen molar-refractivity contribution in [3.63, 3.8) is 0 Å². The summed E-state index contributed by atoms with van der Waals surface area (Å²) in [4.78, 5) is 9.12. The van der Waals surface area contributed by atoms with Gasteiger partial charge >= 0.3 is 5.97 Å². The van der Waals surface area contributed by atoms with Crippen molar-refractivity contribution >= 4 is 5.97 Å². The Morgan fingerprint density at radius 3 is 1.83 bits per heavy atom. The molecule has 0 aliphatic rings. The Labute approximate surface area is 45.4 Å². The fourth-order valence-corrected chi connectivity index (χ4v) is 0. The molecule has 4 heteroatoms. The molecule has 0 radical (unpaired) electrons. The van der Waals surface area contributed by atoms with Crippen molar-refractivity contribution in [1.82, 2.24) is 0 Å². The molecule has 0 aromatic carbocycles. The Morgan fingerprint density at radius 2 is 1.83 bits per heavy atom. The minimum atomic E-state index is -1.19. The third-order valence-electron chi connectivity index (χ3n) is 0.135. The molecule has 0 fully saturated rings. The van der Waals surface area contributed by atoms with Crippen molar-refractivity contribution in [3.05, 3.63) is 0 Å². The van der Waals surface area contributed by atoms with Gasteiger partial charge in [0.25, 0.3) is 0 Å². The van der Waals surface area contributed by atoms with E-state index < -0.39 is 12.6 Å². The zero-order chi connectivity index (χ0) is 4.28. The summed E-state index contributed by atoms with van der Waals surface area (Å²) in [6.07, 6.45) is 0. The van der Waals surface area contributed by atoms with E-state index >= 15 is 0 Å². The maximum atomic E-state index is 9.12. The van der Waals surface area contributed by atoms with Gasteiger partial charge in [0, 0.05) is 17.1 Å². The minimum Gasteiger partial charge on any atom is -0.480 e. The number of aliphatic carboxylic acids is 1. The third kappa shape index (κ3) is 9.04. The largest absolute Gasteiger partial charge is 0.480 e. The summed E-state index contributed by atoms with van der Waals surface area (Å²) in [5.74, 6) is -1.19. The number of carboxylic acid groups (broad SMARTS) is 1. The predicted molar refractivity (Wildman–Crippen MR) is 14.7 cm³/mol. The first-order chi connectivity index (χ1) is 2.27. The van der Waals surface area contributed by atoms with Gasteiger partial charge in [-0.1, -0.05) is 0 Å². The average molecular weight is 132 g/mol. The van der Waals surface area contributed by atoms with E-state index in [0.717, 1.165) is 0 Å². The third-order valence-corrected chi connectivity index (χ3v) is 0.135. The van der Waals surface area contributed by atoms with Crippen LogP contribution in [0.3, 0.4) is 0 Å². The summed E-state index contributed by atoms with van der Waals surface area (Å²) in [6, 6.07) is 0. The van der Waals surface area contributed by atoms with Crippen LogP contribution in [0.25, 0.3) is 0 Å². The van der Waals surface area contributed by atoms with Crippen molar-refractivity contribution in [2.24, 2.45) is 0 Å². The Bertz CT molecular complexity index is 44.1. The van der Waals surface area contributed by atoms with Crippen LogP contribution in [0.5, 0.6) is 0 Å². The zero-order valence-corrected chi connectivity index (χ0v) is 3.97. The molecule has 0 saturated carbocycles. The van der Waals surface area contributed by atoms with Crippen molar-refractivity contribution in [2.45, 2.75) is 0 Å². The first-order valence-electron chi connectivity index (χ1n) is 1.10. The average Bonchev–Trinajstić information content (AvgIpc) is 1.38. The smallest absolute Gasteiger partial charge is 0.329 e. The topological polar surface area (TPSA) is 57.5 Å². The van der Waals surface area contributed by atoms with Gasteiger partial charge in [0.1, 0.15) is 6.61 Å². The van der Waals surface area contributed by atoms with E-state index in [9.17, 15) is 0 Å². The SMILES string of the molecule is O=C(O)CO.[Fe]. The van der Waals surface area contributed by atoms with Crippen LogP contribution in [0.1, 0.15) is 0 Å². The van der Waals surface area contributed by atoms with E-state index in [-0.39, 0.29) is 17.1 Å². The van der Waals surface area contributed by atoms with Crippen molar-refractivity contribution < 1.29 is 32.1 Å². The van der Waals surface area contributed by atoms with Crippen LogP contribution in [-0.4, -0.2) is 22.8 Å². The summed E-state index contributed by atoms with van der Waals surface area (Å²) in [6.45, 7) is -0.778. The fourth-order valence-electron chi connectivity index (χ4n) is 0. The Balaban J connectivity index is 0. The molecule has 0 unspecified atom stereocenters. The van der Waals surface area contributed by atoms with Crippen LogP contribution >= 0.6 is 0 Å². The van der Waals surface area contributed by atoms with E-state index in [4.69, 9.17) is 15.0 Å². The summed E-state index contributed by atoms with van der Waals surface area (Å²) >= 11 is 0. The van der Waals surface area contributed by atoms with Crippen LogP contribution in [0.15, 0.2) is 0 Å². The summed E-state index contributed by atoms with van der Waals surface area (Å²) in [5.41, 5.74) is 0. The fraction of sp³-hybridized carbons (Fsp3) is 0.500. The molecule has 38 valence electrons. The molecule has 0 bridgehead atoms. The number of hydrogen-bond acceptors (Lipinski definition) is 2. The second-order valence-corrected chi connectivity index (χ2v) is 0.552. The van der Waals surface area contributed by atoms with Gasteiger partial charge < -0.3 is 10.2 Å². The maximum Gasteiger partial charge on any atom is 0.329 e. The molecule has 0 aromatic rings. The first-order valence-corrected chi connectivity index (χ1v) is 1.10. The molecule has 0 saturated heterocycles. The van der Waals surface area contributed by atoms with Crippen molar-refractivity contribution in [2.75, 3.05) is 6.61 Å². The molecule has 0 heterocycles. The molecule has 0 aliphatic carbocycles. The molecular weight excluding hydrogens is 128 g/mol. The van der Waals surface area contributed by atoms with Crippen LogP contribution in [0, 0.1) is 0 Å². The summed E-state index contributed by atoms with van der Waals surface area (Å²) in [5, 5.41) is 15.0. The summed E-state index contributed by atoms with van der Waals surface area (Å²) < 4.78 is 0. The minimum absolute atomic E-state index is 0. The second kappa shape index (κ2) is 4.95. The number of carboxylic acids is 1. The molecule has 0 atom stereocenters. The van der Waals surface area contributed by atoms with E-state index in [1.54, 1.807) is 0 Å². The van der Waals surface area contributed by atoms with E-state index in [1.165, 1.54) is 0 Å². The standard InChI is InChI=1S/C2H4O3.Fe/c3-1-2(4)5;/h3H,1H2,(H,4,5);. The zero-order valence-electron chi connectivity index (χ0n) is 2.86. The maximum absolute atomic E-state index is 9.12. The first kappa shape index (κ1) is 9.34. The molecule has 0 rings (SSSR count). The summed E-state index contributed by atoms with van der Waals surface area (Å²) in [7, 11) is 0. The monoisotopic (exact) mass is 132 g/mol. The number of rotatable bonds is 1. The van der Waals surface area contributed by atoms with Gasteiger partial charge in [-0.3, -0.25) is 0 Å². The van der Waals surface area contributed by atoms with Crippen LogP contribution in [0.2, 0.25) is 0 Å². The van der Waals surface area contributed by atoms with Gasteiger partial charge in [-0.2, -0.15) is 0 Å².